The van der Waals surface area contributed by atoms with E-state index in [1.807, 2.05) is 21.0 Å². The first-order valence-electron chi connectivity index (χ1n) is 4.50. The Balaban J connectivity index is 2.77. The van der Waals surface area contributed by atoms with Gasteiger partial charge in [-0.25, -0.2) is 4.68 Å². The quantitative estimate of drug-likeness (QED) is 0.856. The smallest absolute Gasteiger partial charge is 0.153 e. The van der Waals surface area contributed by atoms with Crippen LogP contribution in [0, 0.1) is 0 Å². The standard InChI is InChI=1S/C8H15BrN4O/c1-4-14-5-6(10-2)7-8(9)11-12-13(7)3/h6,10H,4-5H2,1-3H3. The molecule has 0 aliphatic rings. The van der Waals surface area contributed by atoms with E-state index in [0.29, 0.717) is 13.2 Å². The molecule has 1 heterocycles. The van der Waals surface area contributed by atoms with Gasteiger partial charge in [0.15, 0.2) is 4.60 Å². The number of hydrogen-bond donors (Lipinski definition) is 1. The van der Waals surface area contributed by atoms with Gasteiger partial charge in [0.05, 0.1) is 18.3 Å². The summed E-state index contributed by atoms with van der Waals surface area (Å²) in [5, 5.41) is 11.0. The lowest BCUT2D eigenvalue weighted by Gasteiger charge is -2.15. The summed E-state index contributed by atoms with van der Waals surface area (Å²) in [6, 6.07) is 0.115. The molecule has 0 bridgehead atoms. The summed E-state index contributed by atoms with van der Waals surface area (Å²) in [4.78, 5) is 0. The van der Waals surface area contributed by atoms with Crippen molar-refractivity contribution in [2.45, 2.75) is 13.0 Å². The van der Waals surface area contributed by atoms with Crippen LogP contribution in [0.4, 0.5) is 0 Å². The first-order valence-corrected chi connectivity index (χ1v) is 5.30. The van der Waals surface area contributed by atoms with E-state index in [0.717, 1.165) is 10.3 Å². The third-order valence-corrected chi connectivity index (χ3v) is 2.56. The predicted octanol–water partition coefficient (Wildman–Crippen LogP) is 0.875. The molecule has 1 aromatic rings. The molecule has 0 saturated carbocycles. The number of aromatic nitrogens is 3. The van der Waals surface area contributed by atoms with E-state index in [1.165, 1.54) is 0 Å². The molecule has 0 aliphatic carbocycles. The highest BCUT2D eigenvalue weighted by Crippen LogP contribution is 2.20. The van der Waals surface area contributed by atoms with Crippen molar-refractivity contribution in [2.75, 3.05) is 20.3 Å². The van der Waals surface area contributed by atoms with E-state index in [-0.39, 0.29) is 6.04 Å². The second kappa shape index (κ2) is 5.43. The third-order valence-electron chi connectivity index (χ3n) is 1.99. The van der Waals surface area contributed by atoms with Crippen molar-refractivity contribution in [2.24, 2.45) is 7.05 Å². The molecule has 0 aromatic carbocycles. The maximum Gasteiger partial charge on any atom is 0.153 e. The van der Waals surface area contributed by atoms with Crippen molar-refractivity contribution < 1.29 is 4.74 Å². The first-order chi connectivity index (χ1) is 6.70. The van der Waals surface area contributed by atoms with Gasteiger partial charge in [-0.1, -0.05) is 5.21 Å². The summed E-state index contributed by atoms with van der Waals surface area (Å²) >= 11 is 3.36. The van der Waals surface area contributed by atoms with Crippen molar-refractivity contribution in [3.63, 3.8) is 0 Å². The number of nitrogens with zero attached hydrogens (tertiary/aromatic N) is 3. The molecule has 0 radical (unpaired) electrons. The van der Waals surface area contributed by atoms with E-state index in [9.17, 15) is 0 Å². The zero-order chi connectivity index (χ0) is 10.6. The Morgan fingerprint density at radius 3 is 2.79 bits per heavy atom. The summed E-state index contributed by atoms with van der Waals surface area (Å²) in [5.74, 6) is 0. The van der Waals surface area contributed by atoms with Gasteiger partial charge in [0.2, 0.25) is 0 Å². The molecule has 6 heteroatoms. The van der Waals surface area contributed by atoms with Crippen molar-refractivity contribution in [3.8, 4) is 0 Å². The second-order valence-electron chi connectivity index (χ2n) is 2.89. The Morgan fingerprint density at radius 2 is 2.36 bits per heavy atom. The minimum atomic E-state index is 0.115. The molecule has 14 heavy (non-hydrogen) atoms. The van der Waals surface area contributed by atoms with Gasteiger partial charge < -0.3 is 10.1 Å². The highest BCUT2D eigenvalue weighted by Gasteiger charge is 2.18. The molecular formula is C8H15BrN4O. The largest absolute Gasteiger partial charge is 0.380 e. The van der Waals surface area contributed by atoms with Gasteiger partial charge in [0.25, 0.3) is 0 Å². The molecule has 1 atom stereocenters. The molecule has 1 N–H and O–H groups in total. The molecule has 0 saturated heterocycles. The van der Waals surface area contributed by atoms with Gasteiger partial charge in [0.1, 0.15) is 0 Å². The van der Waals surface area contributed by atoms with Crippen molar-refractivity contribution in [1.82, 2.24) is 20.3 Å². The Hall–Kier alpha value is -0.460. The van der Waals surface area contributed by atoms with Gasteiger partial charge in [-0.05, 0) is 29.9 Å². The highest BCUT2D eigenvalue weighted by molar-refractivity contribution is 9.10. The van der Waals surface area contributed by atoms with Crippen LogP contribution in [0.5, 0.6) is 0 Å². The normalized spacial score (nSPS) is 13.1. The van der Waals surface area contributed by atoms with Crippen LogP contribution in [0.25, 0.3) is 0 Å². The molecule has 0 spiro atoms. The lowest BCUT2D eigenvalue weighted by atomic mass is 10.2. The van der Waals surface area contributed by atoms with Crippen LogP contribution in [0.3, 0.4) is 0 Å². The molecule has 1 unspecified atom stereocenters. The summed E-state index contributed by atoms with van der Waals surface area (Å²) in [5.41, 5.74) is 1.00. The van der Waals surface area contributed by atoms with E-state index in [1.54, 1.807) is 4.68 Å². The van der Waals surface area contributed by atoms with Gasteiger partial charge >= 0.3 is 0 Å². The fraction of sp³-hybridized carbons (Fsp3) is 0.750. The van der Waals surface area contributed by atoms with Crippen LogP contribution in [0.2, 0.25) is 0 Å². The number of rotatable bonds is 5. The molecule has 80 valence electrons. The SMILES string of the molecule is CCOCC(NC)c1c(Br)nnn1C. The Kier molecular flexibility index (Phi) is 4.50. The monoisotopic (exact) mass is 262 g/mol. The van der Waals surface area contributed by atoms with Crippen LogP contribution in [-0.4, -0.2) is 35.3 Å². The van der Waals surface area contributed by atoms with E-state index < -0.39 is 0 Å². The first kappa shape index (κ1) is 11.6. The molecule has 1 rings (SSSR count). The van der Waals surface area contributed by atoms with Crippen molar-refractivity contribution in [1.29, 1.82) is 0 Å². The summed E-state index contributed by atoms with van der Waals surface area (Å²) in [6.07, 6.45) is 0. The van der Waals surface area contributed by atoms with Crippen LogP contribution in [0.1, 0.15) is 18.7 Å². The van der Waals surface area contributed by atoms with Gasteiger partial charge in [-0.3, -0.25) is 0 Å². The zero-order valence-electron chi connectivity index (χ0n) is 8.62. The Bertz CT molecular complexity index is 269. The maximum absolute atomic E-state index is 5.37. The minimum Gasteiger partial charge on any atom is -0.380 e. The van der Waals surface area contributed by atoms with Crippen LogP contribution in [0.15, 0.2) is 4.60 Å². The van der Waals surface area contributed by atoms with E-state index in [4.69, 9.17) is 4.74 Å². The molecule has 5 nitrogen and oxygen atoms in total. The predicted molar refractivity (Wildman–Crippen MR) is 57.0 cm³/mol. The second-order valence-corrected chi connectivity index (χ2v) is 3.64. The van der Waals surface area contributed by atoms with Crippen LogP contribution >= 0.6 is 15.9 Å². The Morgan fingerprint density at radius 1 is 1.64 bits per heavy atom. The van der Waals surface area contributed by atoms with Crippen molar-refractivity contribution >= 4 is 15.9 Å². The summed E-state index contributed by atoms with van der Waals surface area (Å²) in [7, 11) is 3.76. The molecule has 1 aromatic heterocycles. The molecule has 0 amide bonds. The van der Waals surface area contributed by atoms with Gasteiger partial charge in [-0.15, -0.1) is 5.10 Å². The number of ether oxygens (including phenoxy) is 1. The molecular weight excluding hydrogens is 248 g/mol. The minimum absolute atomic E-state index is 0.115. The van der Waals surface area contributed by atoms with Gasteiger partial charge in [-0.2, -0.15) is 0 Å². The van der Waals surface area contributed by atoms with E-state index in [2.05, 4.69) is 31.6 Å². The Labute approximate surface area is 91.9 Å². The van der Waals surface area contributed by atoms with Crippen molar-refractivity contribution in [3.05, 3.63) is 10.3 Å². The lowest BCUT2D eigenvalue weighted by Crippen LogP contribution is -2.24. The topological polar surface area (TPSA) is 52.0 Å². The summed E-state index contributed by atoms with van der Waals surface area (Å²) < 4.78 is 7.87. The lowest BCUT2D eigenvalue weighted by molar-refractivity contribution is 0.123. The molecule has 0 aliphatic heterocycles. The zero-order valence-corrected chi connectivity index (χ0v) is 10.2. The number of hydrogen-bond acceptors (Lipinski definition) is 4. The average molecular weight is 263 g/mol. The van der Waals surface area contributed by atoms with Gasteiger partial charge in [0, 0.05) is 13.7 Å². The molecule has 0 fully saturated rings. The third kappa shape index (κ3) is 2.52. The van der Waals surface area contributed by atoms with E-state index >= 15 is 0 Å². The number of halogens is 1. The highest BCUT2D eigenvalue weighted by atomic mass is 79.9. The van der Waals surface area contributed by atoms with Crippen LogP contribution < -0.4 is 5.32 Å². The summed E-state index contributed by atoms with van der Waals surface area (Å²) in [6.45, 7) is 3.30. The number of aryl methyl sites for hydroxylation is 1. The number of likely N-dealkylation sites (N-methyl/N-ethyl adjacent to an activating group) is 1. The number of nitrogens with one attached hydrogen (secondary N) is 1. The van der Waals surface area contributed by atoms with Crippen LogP contribution in [-0.2, 0) is 11.8 Å². The fourth-order valence-corrected chi connectivity index (χ4v) is 1.85. The average Bonchev–Trinajstić information content (AvgIpc) is 2.50. The fourth-order valence-electron chi connectivity index (χ4n) is 1.24. The maximum atomic E-state index is 5.37.